The first-order chi connectivity index (χ1) is 20.7. The lowest BCUT2D eigenvalue weighted by molar-refractivity contribution is -0.202. The molecule has 3 amide bonds. The van der Waals surface area contributed by atoms with Crippen LogP contribution in [0.5, 0.6) is 0 Å². The van der Waals surface area contributed by atoms with Crippen LogP contribution in [-0.2, 0) is 14.4 Å². The Balaban J connectivity index is 1.43. The second-order valence-electron chi connectivity index (χ2n) is 17.4. The molecule has 6 N–H and O–H groups in total. The number of allylic oxidation sites excluding steroid dienone is 2. The number of ketones is 1. The van der Waals surface area contributed by atoms with Gasteiger partial charge < -0.3 is 26.6 Å². The maximum Gasteiger partial charge on any atom is 0.326 e. The predicted molar refractivity (Wildman–Crippen MR) is 172 cm³/mol. The van der Waals surface area contributed by atoms with Crippen LogP contribution in [0, 0.1) is 50.2 Å². The van der Waals surface area contributed by atoms with Crippen LogP contribution in [0.3, 0.4) is 0 Å². The minimum absolute atomic E-state index is 0.0285. The molecule has 0 aromatic rings. The molecule has 4 fully saturated rings. The number of hydrogen-bond acceptors (Lipinski definition) is 5. The molecule has 1 unspecified atom stereocenters. The van der Waals surface area contributed by atoms with Gasteiger partial charge in [0.15, 0.2) is 5.78 Å². The summed E-state index contributed by atoms with van der Waals surface area (Å²) in [6, 6.07) is -1.72. The number of urea groups is 1. The highest BCUT2D eigenvalue weighted by atomic mass is 16.4. The zero-order valence-electron chi connectivity index (χ0n) is 28.6. The number of amides is 3. The predicted octanol–water partition coefficient (Wildman–Crippen LogP) is 5.35. The van der Waals surface area contributed by atoms with Crippen LogP contribution in [0.2, 0.25) is 0 Å². The number of aliphatic hydroxyl groups excluding tert-OH is 1. The van der Waals surface area contributed by atoms with Crippen LogP contribution in [0.4, 0.5) is 4.79 Å². The van der Waals surface area contributed by atoms with E-state index in [1.165, 1.54) is 5.57 Å². The highest BCUT2D eigenvalue weighted by Crippen LogP contribution is 2.75. The molecule has 4 saturated carbocycles. The number of carboxylic acid groups (broad SMARTS) is 1. The van der Waals surface area contributed by atoms with Crippen molar-refractivity contribution in [1.82, 2.24) is 10.6 Å². The van der Waals surface area contributed by atoms with Crippen molar-refractivity contribution in [1.29, 1.82) is 0 Å². The summed E-state index contributed by atoms with van der Waals surface area (Å²) in [6.45, 7) is 16.0. The third kappa shape index (κ3) is 5.14. The topological polar surface area (TPSA) is 159 Å². The molecule has 0 aromatic carbocycles. The third-order valence-corrected chi connectivity index (χ3v) is 14.7. The molecule has 45 heavy (non-hydrogen) atoms. The van der Waals surface area contributed by atoms with Crippen LogP contribution < -0.4 is 16.4 Å². The van der Waals surface area contributed by atoms with Crippen molar-refractivity contribution >= 4 is 23.7 Å². The maximum absolute atomic E-state index is 14.5. The fourth-order valence-corrected chi connectivity index (χ4v) is 11.5. The van der Waals surface area contributed by atoms with Gasteiger partial charge >= 0.3 is 12.0 Å². The van der Waals surface area contributed by atoms with E-state index in [4.69, 9.17) is 5.73 Å². The molecule has 0 bridgehead atoms. The number of nitrogens with one attached hydrogen (secondary N) is 2. The van der Waals surface area contributed by atoms with Crippen molar-refractivity contribution in [3.8, 4) is 0 Å². The number of nitrogens with two attached hydrogens (primary N) is 1. The Morgan fingerprint density at radius 1 is 0.978 bits per heavy atom. The first kappa shape index (κ1) is 33.9. The molecule has 5 aliphatic rings. The molecular formula is C36H57N3O6. The molecule has 0 aliphatic heterocycles. The Morgan fingerprint density at radius 2 is 1.64 bits per heavy atom. The highest BCUT2D eigenvalue weighted by molar-refractivity contribution is 5.96. The summed E-state index contributed by atoms with van der Waals surface area (Å²) in [4.78, 5) is 51.4. The van der Waals surface area contributed by atoms with E-state index in [2.05, 4.69) is 52.2 Å². The lowest BCUT2D eigenvalue weighted by atomic mass is 9.33. The van der Waals surface area contributed by atoms with Crippen molar-refractivity contribution in [2.24, 2.45) is 56.0 Å². The lowest BCUT2D eigenvalue weighted by Crippen LogP contribution is -2.66. The van der Waals surface area contributed by atoms with Gasteiger partial charge in [-0.3, -0.25) is 9.59 Å². The summed E-state index contributed by atoms with van der Waals surface area (Å²) in [5, 5.41) is 26.1. The van der Waals surface area contributed by atoms with Gasteiger partial charge in [0, 0.05) is 17.9 Å². The maximum atomic E-state index is 14.5. The molecule has 10 atom stereocenters. The normalized spacial score (nSPS) is 44.2. The summed E-state index contributed by atoms with van der Waals surface area (Å²) in [7, 11) is 0. The van der Waals surface area contributed by atoms with Crippen LogP contribution in [0.1, 0.15) is 119 Å². The summed E-state index contributed by atoms with van der Waals surface area (Å²) in [6.07, 6.45) is 9.87. The van der Waals surface area contributed by atoms with Crippen molar-refractivity contribution < 1.29 is 29.4 Å². The van der Waals surface area contributed by atoms with E-state index < -0.39 is 23.5 Å². The molecule has 0 spiro atoms. The second-order valence-corrected chi connectivity index (χ2v) is 17.4. The van der Waals surface area contributed by atoms with Gasteiger partial charge in [0.25, 0.3) is 0 Å². The number of aliphatic carboxylic acids is 1. The Labute approximate surface area is 268 Å². The van der Waals surface area contributed by atoms with Gasteiger partial charge in [0.05, 0.1) is 6.10 Å². The zero-order chi connectivity index (χ0) is 33.4. The Hall–Kier alpha value is -2.42. The van der Waals surface area contributed by atoms with Gasteiger partial charge in [-0.05, 0) is 116 Å². The standard InChI is InChI=1S/C36H57N3O6/c1-31(2)25-10-13-36(7)27(34(25,5)12-11-26(31)41)24(40)19-21-22-20-33(4,15-14-32(22,3)16-17-35(21,36)6)29(44)39-23(28(42)43)9-8-18-38-30(37)45/h19,22-23,25-27,41H,8-18,20H2,1-7H3,(H,39,44)(H,42,43)(H3,37,38,45)/t22-,23?,25-,26-,27+,32+,33-,34-,35+,36+/m0/s1. The van der Waals surface area contributed by atoms with Gasteiger partial charge in [-0.15, -0.1) is 0 Å². The fraction of sp³-hybridized carbons (Fsp3) is 0.833. The third-order valence-electron chi connectivity index (χ3n) is 14.7. The number of carboxylic acids is 1. The number of hydrogen-bond donors (Lipinski definition) is 5. The smallest absolute Gasteiger partial charge is 0.326 e. The lowest BCUT2D eigenvalue weighted by Gasteiger charge is -2.70. The quantitative estimate of drug-likeness (QED) is 0.240. The minimum atomic E-state index is -1.10. The van der Waals surface area contributed by atoms with E-state index in [-0.39, 0.29) is 75.6 Å². The second kappa shape index (κ2) is 11.1. The van der Waals surface area contributed by atoms with E-state index in [1.54, 1.807) is 0 Å². The zero-order valence-corrected chi connectivity index (χ0v) is 28.6. The number of primary amides is 1. The van der Waals surface area contributed by atoms with E-state index in [9.17, 15) is 29.4 Å². The van der Waals surface area contributed by atoms with Crippen molar-refractivity contribution in [2.45, 2.75) is 131 Å². The monoisotopic (exact) mass is 627 g/mol. The van der Waals surface area contributed by atoms with Crippen LogP contribution in [0.15, 0.2) is 11.6 Å². The first-order valence-electron chi connectivity index (χ1n) is 17.3. The van der Waals surface area contributed by atoms with Gasteiger partial charge in [0.1, 0.15) is 6.04 Å². The number of carbonyl (C=O) groups excluding carboxylic acids is 3. The molecule has 9 nitrogen and oxygen atoms in total. The van der Waals surface area contributed by atoms with Gasteiger partial charge in [0.2, 0.25) is 5.91 Å². The van der Waals surface area contributed by atoms with Crippen LogP contribution in [-0.4, -0.2) is 52.6 Å². The molecule has 0 saturated heterocycles. The summed E-state index contributed by atoms with van der Waals surface area (Å²) >= 11 is 0. The van der Waals surface area contributed by atoms with Crippen molar-refractivity contribution in [2.75, 3.05) is 6.54 Å². The number of fused-ring (bicyclic) bond motifs is 7. The van der Waals surface area contributed by atoms with Gasteiger partial charge in [-0.1, -0.05) is 54.0 Å². The van der Waals surface area contributed by atoms with E-state index in [0.717, 1.165) is 44.9 Å². The largest absolute Gasteiger partial charge is 0.480 e. The SMILES string of the molecule is CC1(C)[C@@H](O)CC[C@]2(C)[C@H]3C(=O)C=C4[C@@H]5C[C@@](C)(C(=O)NC(CCCNC(N)=O)C(=O)O)CC[C@]5(C)CC[C@@]4(C)[C@]3(C)CC[C@@H]12. The van der Waals surface area contributed by atoms with Crippen molar-refractivity contribution in [3.05, 3.63) is 11.6 Å². The molecule has 0 heterocycles. The number of rotatable bonds is 7. The fourth-order valence-electron chi connectivity index (χ4n) is 11.5. The summed E-state index contributed by atoms with van der Waals surface area (Å²) < 4.78 is 0. The highest BCUT2D eigenvalue weighted by Gasteiger charge is 2.70. The minimum Gasteiger partial charge on any atom is -0.480 e. The van der Waals surface area contributed by atoms with Crippen LogP contribution in [0.25, 0.3) is 0 Å². The van der Waals surface area contributed by atoms with E-state index in [0.29, 0.717) is 19.3 Å². The van der Waals surface area contributed by atoms with E-state index >= 15 is 0 Å². The molecule has 9 heteroatoms. The average Bonchev–Trinajstić information content (AvgIpc) is 2.94. The Bertz CT molecular complexity index is 1300. The summed E-state index contributed by atoms with van der Waals surface area (Å²) in [5.41, 5.74) is 4.71. The number of aliphatic hydroxyl groups is 1. The molecule has 252 valence electrons. The van der Waals surface area contributed by atoms with Gasteiger partial charge in [-0.2, -0.15) is 0 Å². The summed E-state index contributed by atoms with van der Waals surface area (Å²) in [5.74, 6) is -0.902. The molecular weight excluding hydrogens is 570 g/mol. The molecule has 0 aromatic heterocycles. The number of carbonyl (C=O) groups is 4. The Morgan fingerprint density at radius 3 is 2.29 bits per heavy atom. The average molecular weight is 628 g/mol. The molecule has 5 rings (SSSR count). The van der Waals surface area contributed by atoms with Gasteiger partial charge in [-0.25, -0.2) is 9.59 Å². The molecule has 5 aliphatic carbocycles. The Kier molecular flexibility index (Phi) is 8.36. The van der Waals surface area contributed by atoms with Crippen molar-refractivity contribution in [3.63, 3.8) is 0 Å². The van der Waals surface area contributed by atoms with E-state index in [1.807, 2.05) is 13.0 Å². The van der Waals surface area contributed by atoms with Crippen LogP contribution >= 0.6 is 0 Å². The molecule has 0 radical (unpaired) electrons. The first-order valence-corrected chi connectivity index (χ1v) is 17.3.